The van der Waals surface area contributed by atoms with Gasteiger partial charge in [-0.15, -0.1) is 0 Å². The number of hydrogen-bond donors (Lipinski definition) is 2. The SMILES string of the molecule is CC(CNC(=O)C(NC(=O)c1ccc(F)cc1)C(C)C)c1ccccc1. The highest BCUT2D eigenvalue weighted by Crippen LogP contribution is 2.13. The zero-order chi connectivity index (χ0) is 19.1. The van der Waals surface area contributed by atoms with E-state index >= 15 is 0 Å². The molecule has 0 aliphatic heterocycles. The van der Waals surface area contributed by atoms with Crippen LogP contribution in [0.3, 0.4) is 0 Å². The lowest BCUT2D eigenvalue weighted by Crippen LogP contribution is -2.50. The average molecular weight is 356 g/mol. The first kappa shape index (κ1) is 19.6. The molecule has 2 aromatic carbocycles. The summed E-state index contributed by atoms with van der Waals surface area (Å²) in [6, 6.07) is 14.5. The second kappa shape index (κ2) is 9.13. The van der Waals surface area contributed by atoms with E-state index in [1.165, 1.54) is 24.3 Å². The number of rotatable bonds is 7. The normalized spacial score (nSPS) is 13.1. The molecular weight excluding hydrogens is 331 g/mol. The predicted molar refractivity (Wildman–Crippen MR) is 100 cm³/mol. The Labute approximate surface area is 153 Å². The molecule has 2 atom stereocenters. The van der Waals surface area contributed by atoms with E-state index in [1.807, 2.05) is 51.1 Å². The van der Waals surface area contributed by atoms with Gasteiger partial charge in [-0.2, -0.15) is 0 Å². The van der Waals surface area contributed by atoms with E-state index < -0.39 is 17.8 Å². The second-order valence-electron chi connectivity index (χ2n) is 6.76. The van der Waals surface area contributed by atoms with E-state index in [1.54, 1.807) is 0 Å². The Hall–Kier alpha value is -2.69. The Morgan fingerprint density at radius 1 is 0.962 bits per heavy atom. The van der Waals surface area contributed by atoms with Gasteiger partial charge in [0.25, 0.3) is 5.91 Å². The van der Waals surface area contributed by atoms with Crippen LogP contribution in [0.4, 0.5) is 4.39 Å². The molecule has 2 rings (SSSR count). The molecule has 0 aliphatic rings. The number of amides is 2. The van der Waals surface area contributed by atoms with Crippen LogP contribution in [0, 0.1) is 11.7 Å². The Bertz CT molecular complexity index is 729. The average Bonchev–Trinajstić information content (AvgIpc) is 2.64. The lowest BCUT2D eigenvalue weighted by atomic mass is 10.00. The molecular formula is C21H25FN2O2. The first-order chi connectivity index (χ1) is 12.4. The lowest BCUT2D eigenvalue weighted by Gasteiger charge is -2.23. The molecule has 0 saturated heterocycles. The van der Waals surface area contributed by atoms with E-state index in [2.05, 4.69) is 10.6 Å². The summed E-state index contributed by atoms with van der Waals surface area (Å²) < 4.78 is 13.0. The minimum atomic E-state index is -0.657. The maximum absolute atomic E-state index is 13.0. The first-order valence-electron chi connectivity index (χ1n) is 8.77. The van der Waals surface area contributed by atoms with Crippen LogP contribution in [0.1, 0.15) is 42.6 Å². The van der Waals surface area contributed by atoms with Gasteiger partial charge in [-0.3, -0.25) is 9.59 Å². The fourth-order valence-electron chi connectivity index (χ4n) is 2.62. The van der Waals surface area contributed by atoms with Crippen LogP contribution in [-0.2, 0) is 4.79 Å². The van der Waals surface area contributed by atoms with Gasteiger partial charge in [0, 0.05) is 12.1 Å². The third-order valence-corrected chi connectivity index (χ3v) is 4.29. The van der Waals surface area contributed by atoms with Crippen molar-refractivity contribution in [1.82, 2.24) is 10.6 Å². The smallest absolute Gasteiger partial charge is 0.251 e. The van der Waals surface area contributed by atoms with E-state index in [-0.39, 0.29) is 17.7 Å². The summed E-state index contributed by atoms with van der Waals surface area (Å²) >= 11 is 0. The molecule has 2 N–H and O–H groups in total. The topological polar surface area (TPSA) is 58.2 Å². The van der Waals surface area contributed by atoms with Crippen LogP contribution in [0.2, 0.25) is 0 Å². The summed E-state index contributed by atoms with van der Waals surface area (Å²) in [6.07, 6.45) is 0. The van der Waals surface area contributed by atoms with E-state index in [0.717, 1.165) is 5.56 Å². The monoisotopic (exact) mass is 356 g/mol. The number of hydrogen-bond acceptors (Lipinski definition) is 2. The number of benzene rings is 2. The van der Waals surface area contributed by atoms with Gasteiger partial charge in [0.2, 0.25) is 5.91 Å². The van der Waals surface area contributed by atoms with Crippen LogP contribution in [0.5, 0.6) is 0 Å². The highest BCUT2D eigenvalue weighted by atomic mass is 19.1. The number of halogens is 1. The third-order valence-electron chi connectivity index (χ3n) is 4.29. The molecule has 2 amide bonds. The molecule has 0 saturated carbocycles. The van der Waals surface area contributed by atoms with Crippen molar-refractivity contribution in [2.24, 2.45) is 5.92 Å². The molecule has 0 radical (unpaired) electrons. The van der Waals surface area contributed by atoms with E-state index in [4.69, 9.17) is 0 Å². The number of carbonyl (C=O) groups excluding carboxylic acids is 2. The van der Waals surface area contributed by atoms with Gasteiger partial charge in [0.1, 0.15) is 11.9 Å². The Morgan fingerprint density at radius 3 is 2.15 bits per heavy atom. The van der Waals surface area contributed by atoms with Gasteiger partial charge in [-0.1, -0.05) is 51.1 Å². The van der Waals surface area contributed by atoms with Crippen LogP contribution in [0.25, 0.3) is 0 Å². The maximum atomic E-state index is 13.0. The fourth-order valence-corrected chi connectivity index (χ4v) is 2.62. The quantitative estimate of drug-likeness (QED) is 0.798. The van der Waals surface area contributed by atoms with Crippen molar-refractivity contribution < 1.29 is 14.0 Å². The van der Waals surface area contributed by atoms with Gasteiger partial charge in [0.15, 0.2) is 0 Å². The molecule has 2 aromatic rings. The van der Waals surface area contributed by atoms with Crippen LogP contribution in [-0.4, -0.2) is 24.4 Å². The van der Waals surface area contributed by atoms with Crippen molar-refractivity contribution in [1.29, 1.82) is 0 Å². The summed E-state index contributed by atoms with van der Waals surface area (Å²) in [5.74, 6) is -0.935. The molecule has 26 heavy (non-hydrogen) atoms. The highest BCUT2D eigenvalue weighted by molar-refractivity contribution is 5.97. The lowest BCUT2D eigenvalue weighted by molar-refractivity contribution is -0.124. The zero-order valence-corrected chi connectivity index (χ0v) is 15.3. The fraction of sp³-hybridized carbons (Fsp3) is 0.333. The van der Waals surface area contributed by atoms with Gasteiger partial charge in [0.05, 0.1) is 0 Å². The van der Waals surface area contributed by atoms with Crippen molar-refractivity contribution in [2.45, 2.75) is 32.7 Å². The molecule has 0 aromatic heterocycles. The van der Waals surface area contributed by atoms with E-state index in [0.29, 0.717) is 12.1 Å². The first-order valence-corrected chi connectivity index (χ1v) is 8.77. The molecule has 0 aliphatic carbocycles. The predicted octanol–water partition coefficient (Wildman–Crippen LogP) is 3.50. The zero-order valence-electron chi connectivity index (χ0n) is 15.3. The van der Waals surface area contributed by atoms with Gasteiger partial charge in [-0.25, -0.2) is 4.39 Å². The molecule has 0 spiro atoms. The molecule has 0 fully saturated rings. The Balaban J connectivity index is 1.96. The molecule has 5 heteroatoms. The van der Waals surface area contributed by atoms with Gasteiger partial charge in [-0.05, 0) is 41.7 Å². The van der Waals surface area contributed by atoms with E-state index in [9.17, 15) is 14.0 Å². The summed E-state index contributed by atoms with van der Waals surface area (Å²) in [6.45, 7) is 6.27. The summed E-state index contributed by atoms with van der Waals surface area (Å²) in [7, 11) is 0. The highest BCUT2D eigenvalue weighted by Gasteiger charge is 2.25. The largest absolute Gasteiger partial charge is 0.354 e. The Kier molecular flexibility index (Phi) is 6.89. The molecule has 138 valence electrons. The van der Waals surface area contributed by atoms with Crippen molar-refractivity contribution >= 4 is 11.8 Å². The third kappa shape index (κ3) is 5.41. The van der Waals surface area contributed by atoms with Crippen molar-refractivity contribution in [3.8, 4) is 0 Å². The van der Waals surface area contributed by atoms with Crippen LogP contribution >= 0.6 is 0 Å². The minimum Gasteiger partial charge on any atom is -0.354 e. The summed E-state index contributed by atoms with van der Waals surface area (Å²) in [4.78, 5) is 24.9. The molecule has 0 bridgehead atoms. The van der Waals surface area contributed by atoms with Crippen molar-refractivity contribution in [3.05, 3.63) is 71.5 Å². The van der Waals surface area contributed by atoms with Crippen LogP contribution in [0.15, 0.2) is 54.6 Å². The maximum Gasteiger partial charge on any atom is 0.251 e. The van der Waals surface area contributed by atoms with Crippen molar-refractivity contribution in [3.63, 3.8) is 0 Å². The molecule has 0 heterocycles. The molecule has 4 nitrogen and oxygen atoms in total. The number of carbonyl (C=O) groups is 2. The minimum absolute atomic E-state index is 0.0774. The standard InChI is InChI=1S/C21H25FN2O2/c1-14(2)19(24-20(25)17-9-11-18(22)12-10-17)21(26)23-13-15(3)16-7-5-4-6-8-16/h4-12,14-15,19H,13H2,1-3H3,(H,23,26)(H,24,25). The summed E-state index contributed by atoms with van der Waals surface area (Å²) in [5.41, 5.74) is 1.46. The second-order valence-corrected chi connectivity index (χ2v) is 6.76. The van der Waals surface area contributed by atoms with Crippen LogP contribution < -0.4 is 10.6 Å². The number of nitrogens with one attached hydrogen (secondary N) is 2. The summed E-state index contributed by atoms with van der Waals surface area (Å²) in [5, 5.41) is 5.66. The molecule has 2 unspecified atom stereocenters. The van der Waals surface area contributed by atoms with Gasteiger partial charge >= 0.3 is 0 Å². The van der Waals surface area contributed by atoms with Gasteiger partial charge < -0.3 is 10.6 Å². The van der Waals surface area contributed by atoms with Crippen molar-refractivity contribution in [2.75, 3.05) is 6.54 Å². The Morgan fingerprint density at radius 2 is 1.58 bits per heavy atom.